The lowest BCUT2D eigenvalue weighted by atomic mass is 9.96. The Labute approximate surface area is 120 Å². The SMILES string of the molecule is CC(C)CNCC1(Cc2ccc(Cl)c(Cl)c2)CC1. The van der Waals surface area contributed by atoms with E-state index in [0.717, 1.165) is 19.5 Å². The smallest absolute Gasteiger partial charge is 0.0595 e. The van der Waals surface area contributed by atoms with Crippen molar-refractivity contribution in [2.75, 3.05) is 13.1 Å². The fourth-order valence-electron chi connectivity index (χ4n) is 2.30. The quantitative estimate of drug-likeness (QED) is 0.808. The first-order valence-corrected chi connectivity index (χ1v) is 7.41. The summed E-state index contributed by atoms with van der Waals surface area (Å²) in [7, 11) is 0. The number of hydrogen-bond acceptors (Lipinski definition) is 1. The van der Waals surface area contributed by atoms with Crippen LogP contribution in [0.3, 0.4) is 0 Å². The van der Waals surface area contributed by atoms with Crippen LogP contribution in [0.5, 0.6) is 0 Å². The Bertz CT molecular complexity index is 411. The summed E-state index contributed by atoms with van der Waals surface area (Å²) in [6.45, 7) is 6.70. The van der Waals surface area contributed by atoms with Crippen molar-refractivity contribution < 1.29 is 0 Å². The van der Waals surface area contributed by atoms with E-state index in [0.29, 0.717) is 21.4 Å². The van der Waals surface area contributed by atoms with Crippen LogP contribution in [0.25, 0.3) is 0 Å². The molecule has 1 aromatic carbocycles. The van der Waals surface area contributed by atoms with E-state index in [9.17, 15) is 0 Å². The van der Waals surface area contributed by atoms with Gasteiger partial charge in [0.05, 0.1) is 10.0 Å². The van der Waals surface area contributed by atoms with Gasteiger partial charge in [-0.2, -0.15) is 0 Å². The second kappa shape index (κ2) is 5.81. The Balaban J connectivity index is 1.90. The molecular weight excluding hydrogens is 265 g/mol. The summed E-state index contributed by atoms with van der Waals surface area (Å²) in [5.41, 5.74) is 1.76. The Morgan fingerprint density at radius 3 is 2.50 bits per heavy atom. The van der Waals surface area contributed by atoms with Crippen molar-refractivity contribution in [3.05, 3.63) is 33.8 Å². The van der Waals surface area contributed by atoms with Gasteiger partial charge in [-0.15, -0.1) is 0 Å². The zero-order valence-electron chi connectivity index (χ0n) is 11.1. The summed E-state index contributed by atoms with van der Waals surface area (Å²) in [6, 6.07) is 6.00. The second-order valence-corrected chi connectivity index (χ2v) is 6.76. The molecule has 0 unspecified atom stereocenters. The maximum Gasteiger partial charge on any atom is 0.0595 e. The maximum atomic E-state index is 6.06. The van der Waals surface area contributed by atoms with Gasteiger partial charge in [0.2, 0.25) is 0 Å². The molecule has 1 N–H and O–H groups in total. The van der Waals surface area contributed by atoms with Gasteiger partial charge in [0.1, 0.15) is 0 Å². The van der Waals surface area contributed by atoms with Crippen LogP contribution >= 0.6 is 23.2 Å². The van der Waals surface area contributed by atoms with Crippen LogP contribution in [0.2, 0.25) is 10.0 Å². The molecule has 0 spiro atoms. The molecule has 0 amide bonds. The van der Waals surface area contributed by atoms with Gasteiger partial charge < -0.3 is 5.32 Å². The van der Waals surface area contributed by atoms with Gasteiger partial charge in [-0.25, -0.2) is 0 Å². The second-order valence-electron chi connectivity index (χ2n) is 5.95. The van der Waals surface area contributed by atoms with Crippen molar-refractivity contribution in [1.29, 1.82) is 0 Å². The standard InChI is InChI=1S/C15H21Cl2N/c1-11(2)9-18-10-15(5-6-15)8-12-3-4-13(16)14(17)7-12/h3-4,7,11,18H,5-6,8-10H2,1-2H3. The van der Waals surface area contributed by atoms with Crippen molar-refractivity contribution in [3.8, 4) is 0 Å². The molecule has 0 saturated heterocycles. The molecule has 0 aromatic heterocycles. The zero-order valence-corrected chi connectivity index (χ0v) is 12.6. The number of hydrogen-bond donors (Lipinski definition) is 1. The van der Waals surface area contributed by atoms with E-state index in [-0.39, 0.29) is 0 Å². The highest BCUT2D eigenvalue weighted by Gasteiger charge is 2.41. The minimum absolute atomic E-state index is 0.464. The van der Waals surface area contributed by atoms with Crippen molar-refractivity contribution in [2.45, 2.75) is 33.1 Å². The Morgan fingerprint density at radius 1 is 1.22 bits per heavy atom. The Kier molecular flexibility index (Phi) is 4.58. The van der Waals surface area contributed by atoms with E-state index in [1.165, 1.54) is 18.4 Å². The lowest BCUT2D eigenvalue weighted by molar-refractivity contribution is 0.432. The van der Waals surface area contributed by atoms with Gasteiger partial charge in [-0.3, -0.25) is 0 Å². The van der Waals surface area contributed by atoms with Crippen LogP contribution in [-0.4, -0.2) is 13.1 Å². The highest BCUT2D eigenvalue weighted by molar-refractivity contribution is 6.42. The minimum Gasteiger partial charge on any atom is -0.316 e. The summed E-state index contributed by atoms with van der Waals surface area (Å²) < 4.78 is 0. The topological polar surface area (TPSA) is 12.0 Å². The van der Waals surface area contributed by atoms with E-state index in [1.807, 2.05) is 12.1 Å². The van der Waals surface area contributed by atoms with Crippen LogP contribution in [0.4, 0.5) is 0 Å². The van der Waals surface area contributed by atoms with Crippen molar-refractivity contribution in [1.82, 2.24) is 5.32 Å². The summed E-state index contributed by atoms with van der Waals surface area (Å²) >= 11 is 12.0. The molecule has 1 aliphatic carbocycles. The highest BCUT2D eigenvalue weighted by atomic mass is 35.5. The predicted octanol–water partition coefficient (Wildman–Crippen LogP) is 4.56. The molecule has 0 bridgehead atoms. The van der Waals surface area contributed by atoms with Gasteiger partial charge in [-0.1, -0.05) is 43.1 Å². The van der Waals surface area contributed by atoms with Crippen LogP contribution in [0.1, 0.15) is 32.3 Å². The van der Waals surface area contributed by atoms with E-state index >= 15 is 0 Å². The number of rotatable bonds is 6. The van der Waals surface area contributed by atoms with E-state index in [4.69, 9.17) is 23.2 Å². The van der Waals surface area contributed by atoms with Gasteiger partial charge >= 0.3 is 0 Å². The molecule has 0 aliphatic heterocycles. The first-order valence-electron chi connectivity index (χ1n) is 6.65. The normalized spacial score (nSPS) is 17.2. The number of halogens is 2. The van der Waals surface area contributed by atoms with Crippen LogP contribution in [-0.2, 0) is 6.42 Å². The molecule has 1 aromatic rings. The predicted molar refractivity (Wildman–Crippen MR) is 79.5 cm³/mol. The molecule has 1 nitrogen and oxygen atoms in total. The van der Waals surface area contributed by atoms with E-state index < -0.39 is 0 Å². The Morgan fingerprint density at radius 2 is 1.94 bits per heavy atom. The average molecular weight is 286 g/mol. The molecule has 1 fully saturated rings. The third-order valence-corrected chi connectivity index (χ3v) is 4.31. The fourth-order valence-corrected chi connectivity index (χ4v) is 2.62. The molecule has 1 aliphatic rings. The van der Waals surface area contributed by atoms with Gasteiger partial charge in [0, 0.05) is 6.54 Å². The highest BCUT2D eigenvalue weighted by Crippen LogP contribution is 2.48. The molecule has 0 radical (unpaired) electrons. The van der Waals surface area contributed by atoms with Crippen LogP contribution in [0.15, 0.2) is 18.2 Å². The molecule has 1 saturated carbocycles. The van der Waals surface area contributed by atoms with Crippen molar-refractivity contribution >= 4 is 23.2 Å². The third-order valence-electron chi connectivity index (χ3n) is 3.57. The van der Waals surface area contributed by atoms with Crippen LogP contribution in [0, 0.1) is 11.3 Å². The maximum absolute atomic E-state index is 6.06. The molecular formula is C15H21Cl2N. The Hall–Kier alpha value is -0.240. The molecule has 18 heavy (non-hydrogen) atoms. The lowest BCUT2D eigenvalue weighted by Crippen LogP contribution is -2.28. The van der Waals surface area contributed by atoms with E-state index in [2.05, 4.69) is 25.2 Å². The lowest BCUT2D eigenvalue weighted by Gasteiger charge is -2.17. The van der Waals surface area contributed by atoms with Gasteiger partial charge in [-0.05, 0) is 54.8 Å². The first-order chi connectivity index (χ1) is 8.51. The third kappa shape index (κ3) is 3.88. The molecule has 2 rings (SSSR count). The average Bonchev–Trinajstić information content (AvgIpc) is 3.03. The van der Waals surface area contributed by atoms with Crippen molar-refractivity contribution in [3.63, 3.8) is 0 Å². The molecule has 100 valence electrons. The zero-order chi connectivity index (χ0) is 13.2. The minimum atomic E-state index is 0.464. The monoisotopic (exact) mass is 285 g/mol. The number of nitrogens with one attached hydrogen (secondary N) is 1. The molecule has 0 atom stereocenters. The van der Waals surface area contributed by atoms with Gasteiger partial charge in [0.25, 0.3) is 0 Å². The summed E-state index contributed by atoms with van der Waals surface area (Å²) in [5.74, 6) is 0.714. The summed E-state index contributed by atoms with van der Waals surface area (Å²) in [6.07, 6.45) is 3.74. The molecule has 0 heterocycles. The summed E-state index contributed by atoms with van der Waals surface area (Å²) in [4.78, 5) is 0. The largest absolute Gasteiger partial charge is 0.316 e. The van der Waals surface area contributed by atoms with Crippen molar-refractivity contribution in [2.24, 2.45) is 11.3 Å². The summed E-state index contributed by atoms with van der Waals surface area (Å²) in [5, 5.41) is 4.88. The van der Waals surface area contributed by atoms with Gasteiger partial charge in [0.15, 0.2) is 0 Å². The van der Waals surface area contributed by atoms with E-state index in [1.54, 1.807) is 0 Å². The first kappa shape index (κ1) is 14.2. The molecule has 3 heteroatoms. The number of benzene rings is 1. The fraction of sp³-hybridized carbons (Fsp3) is 0.600. The van der Waals surface area contributed by atoms with Crippen LogP contribution < -0.4 is 5.32 Å².